The van der Waals surface area contributed by atoms with Crippen LogP contribution >= 0.6 is 0 Å². The van der Waals surface area contributed by atoms with Crippen LogP contribution in [0.1, 0.15) is 34.1 Å². The third-order valence-electron chi connectivity index (χ3n) is 2.37. The summed E-state index contributed by atoms with van der Waals surface area (Å²) in [6.45, 7) is 8.00. The van der Waals surface area contributed by atoms with Gasteiger partial charge in [-0.3, -0.25) is 9.59 Å². The molecule has 0 aromatic rings. The van der Waals surface area contributed by atoms with Crippen LogP contribution in [0.15, 0.2) is 0 Å². The SMILES string of the molecule is CC(C)C(=O)C(C)(C)C(=O)NCCCN. The Bertz CT molecular complexity index is 235. The van der Waals surface area contributed by atoms with Gasteiger partial charge in [0, 0.05) is 12.5 Å². The predicted molar refractivity (Wildman–Crippen MR) is 60.3 cm³/mol. The van der Waals surface area contributed by atoms with Crippen molar-refractivity contribution in [1.82, 2.24) is 5.32 Å². The van der Waals surface area contributed by atoms with E-state index in [0.717, 1.165) is 6.42 Å². The Labute approximate surface area is 91.6 Å². The van der Waals surface area contributed by atoms with Crippen molar-refractivity contribution in [2.45, 2.75) is 34.1 Å². The molecule has 0 aliphatic rings. The smallest absolute Gasteiger partial charge is 0.233 e. The van der Waals surface area contributed by atoms with Crippen LogP contribution in [-0.2, 0) is 9.59 Å². The van der Waals surface area contributed by atoms with E-state index in [1.807, 2.05) is 0 Å². The fourth-order valence-corrected chi connectivity index (χ4v) is 1.36. The molecule has 0 aromatic heterocycles. The first-order valence-corrected chi connectivity index (χ1v) is 5.36. The standard InChI is InChI=1S/C11H22N2O2/c1-8(2)9(14)11(3,4)10(15)13-7-5-6-12/h8H,5-7,12H2,1-4H3,(H,13,15). The minimum atomic E-state index is -0.942. The van der Waals surface area contributed by atoms with Gasteiger partial charge >= 0.3 is 0 Å². The number of rotatable bonds is 6. The topological polar surface area (TPSA) is 72.2 Å². The van der Waals surface area contributed by atoms with Crippen LogP contribution in [0.2, 0.25) is 0 Å². The van der Waals surface area contributed by atoms with Gasteiger partial charge in [-0.2, -0.15) is 0 Å². The number of carbonyl (C=O) groups is 2. The minimum absolute atomic E-state index is 0.0345. The number of carbonyl (C=O) groups excluding carboxylic acids is 2. The van der Waals surface area contributed by atoms with E-state index < -0.39 is 5.41 Å². The molecule has 1 amide bonds. The van der Waals surface area contributed by atoms with Crippen LogP contribution in [0, 0.1) is 11.3 Å². The van der Waals surface area contributed by atoms with E-state index >= 15 is 0 Å². The average molecular weight is 214 g/mol. The highest BCUT2D eigenvalue weighted by atomic mass is 16.2. The van der Waals surface area contributed by atoms with Crippen molar-refractivity contribution >= 4 is 11.7 Å². The molecule has 0 heterocycles. The molecule has 0 bridgehead atoms. The molecular formula is C11H22N2O2. The molecule has 0 aromatic carbocycles. The zero-order chi connectivity index (χ0) is 12.1. The molecule has 4 heteroatoms. The lowest BCUT2D eigenvalue weighted by atomic mass is 9.81. The average Bonchev–Trinajstić information content (AvgIpc) is 2.16. The first-order valence-electron chi connectivity index (χ1n) is 5.36. The maximum absolute atomic E-state index is 11.8. The van der Waals surface area contributed by atoms with Crippen molar-refractivity contribution < 1.29 is 9.59 Å². The van der Waals surface area contributed by atoms with E-state index in [0.29, 0.717) is 13.1 Å². The largest absolute Gasteiger partial charge is 0.355 e. The number of amides is 1. The Kier molecular flexibility index (Phi) is 5.50. The van der Waals surface area contributed by atoms with Crippen molar-refractivity contribution in [3.63, 3.8) is 0 Å². The first-order chi connectivity index (χ1) is 6.84. The molecule has 15 heavy (non-hydrogen) atoms. The first kappa shape index (κ1) is 14.1. The molecule has 0 saturated heterocycles. The van der Waals surface area contributed by atoms with E-state index in [1.165, 1.54) is 0 Å². The van der Waals surface area contributed by atoms with Crippen LogP contribution in [0.3, 0.4) is 0 Å². The number of ketones is 1. The molecule has 0 fully saturated rings. The number of hydrogen-bond donors (Lipinski definition) is 2. The van der Waals surface area contributed by atoms with Gasteiger partial charge in [0.1, 0.15) is 11.2 Å². The van der Waals surface area contributed by atoms with E-state index in [9.17, 15) is 9.59 Å². The normalized spacial score (nSPS) is 11.6. The van der Waals surface area contributed by atoms with Gasteiger partial charge in [-0.1, -0.05) is 13.8 Å². The summed E-state index contributed by atoms with van der Waals surface area (Å²) in [6, 6.07) is 0. The van der Waals surface area contributed by atoms with Crippen molar-refractivity contribution in [3.05, 3.63) is 0 Å². The number of nitrogens with one attached hydrogen (secondary N) is 1. The zero-order valence-corrected chi connectivity index (χ0v) is 10.1. The Hall–Kier alpha value is -0.900. The summed E-state index contributed by atoms with van der Waals surface area (Å²) in [6.07, 6.45) is 0.734. The summed E-state index contributed by atoms with van der Waals surface area (Å²) in [5.74, 6) is -0.373. The molecule has 0 unspecified atom stereocenters. The van der Waals surface area contributed by atoms with Crippen LogP contribution in [0.5, 0.6) is 0 Å². The van der Waals surface area contributed by atoms with Gasteiger partial charge in [0.05, 0.1) is 0 Å². The Morgan fingerprint density at radius 2 is 1.87 bits per heavy atom. The monoisotopic (exact) mass is 214 g/mol. The quantitative estimate of drug-likeness (QED) is 0.505. The fourth-order valence-electron chi connectivity index (χ4n) is 1.36. The van der Waals surface area contributed by atoms with E-state index in [-0.39, 0.29) is 17.6 Å². The van der Waals surface area contributed by atoms with Crippen molar-refractivity contribution in [3.8, 4) is 0 Å². The summed E-state index contributed by atoms with van der Waals surface area (Å²) < 4.78 is 0. The van der Waals surface area contributed by atoms with Gasteiger partial charge in [0.15, 0.2) is 0 Å². The molecule has 0 spiro atoms. The summed E-state index contributed by atoms with van der Waals surface area (Å²) in [4.78, 5) is 23.5. The second-order valence-electron chi connectivity index (χ2n) is 4.54. The highest BCUT2D eigenvalue weighted by molar-refractivity contribution is 6.05. The summed E-state index contributed by atoms with van der Waals surface area (Å²) in [5.41, 5.74) is 4.37. The molecule has 0 aliphatic heterocycles. The molecule has 3 N–H and O–H groups in total. The molecule has 0 atom stereocenters. The lowest BCUT2D eigenvalue weighted by Crippen LogP contribution is -2.44. The Balaban J connectivity index is 4.32. The van der Waals surface area contributed by atoms with Crippen molar-refractivity contribution in [2.75, 3.05) is 13.1 Å². The molecule has 0 aliphatic carbocycles. The fraction of sp³-hybridized carbons (Fsp3) is 0.818. The zero-order valence-electron chi connectivity index (χ0n) is 10.1. The Morgan fingerprint density at radius 3 is 2.27 bits per heavy atom. The Morgan fingerprint density at radius 1 is 1.33 bits per heavy atom. The van der Waals surface area contributed by atoms with Gasteiger partial charge in [-0.25, -0.2) is 0 Å². The second-order valence-corrected chi connectivity index (χ2v) is 4.54. The molecule has 0 saturated carbocycles. The lowest BCUT2D eigenvalue weighted by Gasteiger charge is -2.24. The number of hydrogen-bond acceptors (Lipinski definition) is 3. The van der Waals surface area contributed by atoms with Crippen LogP contribution in [0.4, 0.5) is 0 Å². The van der Waals surface area contributed by atoms with Crippen LogP contribution < -0.4 is 11.1 Å². The second kappa shape index (κ2) is 5.85. The van der Waals surface area contributed by atoms with Crippen LogP contribution in [0.25, 0.3) is 0 Å². The summed E-state index contributed by atoms with van der Waals surface area (Å²) in [5, 5.41) is 2.72. The third kappa shape index (κ3) is 4.00. The van der Waals surface area contributed by atoms with Gasteiger partial charge < -0.3 is 11.1 Å². The van der Waals surface area contributed by atoms with Gasteiger partial charge in [-0.05, 0) is 26.8 Å². The molecular weight excluding hydrogens is 192 g/mol. The molecule has 0 radical (unpaired) electrons. The molecule has 4 nitrogen and oxygen atoms in total. The highest BCUT2D eigenvalue weighted by Crippen LogP contribution is 2.21. The summed E-state index contributed by atoms with van der Waals surface area (Å²) >= 11 is 0. The van der Waals surface area contributed by atoms with E-state index in [2.05, 4.69) is 5.32 Å². The summed E-state index contributed by atoms with van der Waals surface area (Å²) in [7, 11) is 0. The van der Waals surface area contributed by atoms with Crippen molar-refractivity contribution in [2.24, 2.45) is 17.1 Å². The number of nitrogens with two attached hydrogens (primary N) is 1. The minimum Gasteiger partial charge on any atom is -0.355 e. The van der Waals surface area contributed by atoms with Crippen LogP contribution in [-0.4, -0.2) is 24.8 Å². The van der Waals surface area contributed by atoms with Gasteiger partial charge in [0.25, 0.3) is 0 Å². The van der Waals surface area contributed by atoms with Gasteiger partial charge in [-0.15, -0.1) is 0 Å². The lowest BCUT2D eigenvalue weighted by molar-refractivity contribution is -0.141. The van der Waals surface area contributed by atoms with E-state index in [1.54, 1.807) is 27.7 Å². The molecule has 88 valence electrons. The van der Waals surface area contributed by atoms with Gasteiger partial charge in [0.2, 0.25) is 5.91 Å². The maximum Gasteiger partial charge on any atom is 0.233 e. The third-order valence-corrected chi connectivity index (χ3v) is 2.37. The number of Topliss-reactive ketones (excluding diaryl/α,β-unsaturated/α-hetero) is 1. The highest BCUT2D eigenvalue weighted by Gasteiger charge is 2.36. The van der Waals surface area contributed by atoms with E-state index in [4.69, 9.17) is 5.73 Å². The molecule has 0 rings (SSSR count). The maximum atomic E-state index is 11.8. The van der Waals surface area contributed by atoms with Crippen molar-refractivity contribution in [1.29, 1.82) is 0 Å². The predicted octanol–water partition coefficient (Wildman–Crippen LogP) is 0.703.